The number of nitrogens with zero attached hydrogens (tertiary/aromatic N) is 1. The molecule has 1 aliphatic rings. The molecular formula is C22H28N2O3. The molecule has 0 radical (unpaired) electrons. The molecule has 2 aromatic rings. The van der Waals surface area contributed by atoms with E-state index in [1.54, 1.807) is 6.92 Å². The largest absolute Gasteiger partial charge is 0.481 e. The van der Waals surface area contributed by atoms with E-state index in [0.717, 1.165) is 44.0 Å². The maximum atomic E-state index is 12.4. The predicted octanol–water partition coefficient (Wildman–Crippen LogP) is 2.91. The lowest BCUT2D eigenvalue weighted by atomic mass is 10.1. The third-order valence-electron chi connectivity index (χ3n) is 4.77. The smallest absolute Gasteiger partial charge is 0.261 e. The first-order valence-corrected chi connectivity index (χ1v) is 9.50. The number of amides is 1. The molecule has 144 valence electrons. The molecular weight excluding hydrogens is 340 g/mol. The van der Waals surface area contributed by atoms with Crippen LogP contribution in [0.1, 0.15) is 23.6 Å². The van der Waals surface area contributed by atoms with Crippen molar-refractivity contribution in [1.29, 1.82) is 0 Å². The maximum Gasteiger partial charge on any atom is 0.261 e. The van der Waals surface area contributed by atoms with Crippen molar-refractivity contribution in [2.24, 2.45) is 0 Å². The van der Waals surface area contributed by atoms with Gasteiger partial charge >= 0.3 is 0 Å². The number of rotatable bonds is 7. The van der Waals surface area contributed by atoms with Crippen LogP contribution in [-0.2, 0) is 22.6 Å². The molecule has 0 saturated carbocycles. The summed E-state index contributed by atoms with van der Waals surface area (Å²) in [6.07, 6.45) is -0.542. The Bertz CT molecular complexity index is 739. The van der Waals surface area contributed by atoms with E-state index in [0.29, 0.717) is 12.3 Å². The van der Waals surface area contributed by atoms with Gasteiger partial charge in [-0.25, -0.2) is 0 Å². The molecule has 1 aliphatic heterocycles. The van der Waals surface area contributed by atoms with Gasteiger partial charge in [0.15, 0.2) is 6.10 Å². The van der Waals surface area contributed by atoms with Gasteiger partial charge in [0, 0.05) is 26.2 Å². The first-order valence-electron chi connectivity index (χ1n) is 9.50. The normalized spacial score (nSPS) is 15.9. The zero-order chi connectivity index (χ0) is 19.1. The van der Waals surface area contributed by atoms with Crippen LogP contribution in [0.25, 0.3) is 0 Å². The fourth-order valence-corrected chi connectivity index (χ4v) is 3.08. The molecule has 1 fully saturated rings. The highest BCUT2D eigenvalue weighted by Gasteiger charge is 2.16. The standard InChI is InChI=1S/C22H28N2O3/c1-17-7-9-21(10-8-17)27-18(2)22(25)23-15-19-5-3-4-6-20(19)16-24-11-13-26-14-12-24/h3-10,18H,11-16H2,1-2H3,(H,23,25). The Hall–Kier alpha value is -2.37. The molecule has 5 nitrogen and oxygen atoms in total. The highest BCUT2D eigenvalue weighted by atomic mass is 16.5. The fourth-order valence-electron chi connectivity index (χ4n) is 3.08. The van der Waals surface area contributed by atoms with E-state index in [-0.39, 0.29) is 5.91 Å². The van der Waals surface area contributed by atoms with Gasteiger partial charge in [0.1, 0.15) is 5.75 Å². The lowest BCUT2D eigenvalue weighted by Gasteiger charge is -2.27. The third kappa shape index (κ3) is 5.81. The van der Waals surface area contributed by atoms with Crippen molar-refractivity contribution in [3.63, 3.8) is 0 Å². The highest BCUT2D eigenvalue weighted by Crippen LogP contribution is 2.15. The summed E-state index contributed by atoms with van der Waals surface area (Å²) in [5, 5.41) is 3.00. The van der Waals surface area contributed by atoms with Crippen molar-refractivity contribution >= 4 is 5.91 Å². The molecule has 27 heavy (non-hydrogen) atoms. The van der Waals surface area contributed by atoms with E-state index in [4.69, 9.17) is 9.47 Å². The zero-order valence-electron chi connectivity index (χ0n) is 16.1. The Labute approximate surface area is 161 Å². The van der Waals surface area contributed by atoms with Crippen LogP contribution in [0.4, 0.5) is 0 Å². The topological polar surface area (TPSA) is 50.8 Å². The summed E-state index contributed by atoms with van der Waals surface area (Å²) in [7, 11) is 0. The average molecular weight is 368 g/mol. The number of hydrogen-bond acceptors (Lipinski definition) is 4. The van der Waals surface area contributed by atoms with Gasteiger partial charge in [-0.05, 0) is 37.1 Å². The number of hydrogen-bond donors (Lipinski definition) is 1. The molecule has 0 bridgehead atoms. The van der Waals surface area contributed by atoms with E-state index in [2.05, 4.69) is 22.3 Å². The zero-order valence-corrected chi connectivity index (χ0v) is 16.1. The van der Waals surface area contributed by atoms with Crippen LogP contribution in [0.3, 0.4) is 0 Å². The third-order valence-corrected chi connectivity index (χ3v) is 4.77. The number of carbonyl (C=O) groups excluding carboxylic acids is 1. The number of nitrogens with one attached hydrogen (secondary N) is 1. The number of aryl methyl sites for hydroxylation is 1. The summed E-state index contributed by atoms with van der Waals surface area (Å²) < 4.78 is 11.2. The van der Waals surface area contributed by atoms with Gasteiger partial charge in [-0.3, -0.25) is 9.69 Å². The molecule has 3 rings (SSSR count). The van der Waals surface area contributed by atoms with Gasteiger partial charge in [-0.2, -0.15) is 0 Å². The van der Waals surface area contributed by atoms with E-state index < -0.39 is 6.10 Å². The van der Waals surface area contributed by atoms with Gasteiger partial charge in [0.2, 0.25) is 0 Å². The number of ether oxygens (including phenoxy) is 2. The Kier molecular flexibility index (Phi) is 6.85. The summed E-state index contributed by atoms with van der Waals surface area (Å²) in [5.74, 6) is 0.590. The van der Waals surface area contributed by atoms with Crippen molar-refractivity contribution in [3.8, 4) is 5.75 Å². The Morgan fingerprint density at radius 3 is 2.48 bits per heavy atom. The van der Waals surface area contributed by atoms with Gasteiger partial charge in [-0.1, -0.05) is 42.0 Å². The molecule has 1 amide bonds. The SMILES string of the molecule is Cc1ccc(OC(C)C(=O)NCc2ccccc2CN2CCOCC2)cc1. The second-order valence-corrected chi connectivity index (χ2v) is 6.95. The molecule has 5 heteroatoms. The summed E-state index contributed by atoms with van der Waals surface area (Å²) in [5.41, 5.74) is 3.54. The van der Waals surface area contributed by atoms with E-state index in [1.807, 2.05) is 43.3 Å². The first kappa shape index (κ1) is 19.4. The maximum absolute atomic E-state index is 12.4. The first-order chi connectivity index (χ1) is 13.1. The predicted molar refractivity (Wildman–Crippen MR) is 106 cm³/mol. The Morgan fingerprint density at radius 2 is 1.78 bits per heavy atom. The molecule has 0 spiro atoms. The summed E-state index contributed by atoms with van der Waals surface area (Å²) in [6, 6.07) is 16.0. The molecule has 0 aromatic heterocycles. The average Bonchev–Trinajstić information content (AvgIpc) is 2.69. The van der Waals surface area contributed by atoms with Crippen LogP contribution in [0.5, 0.6) is 5.75 Å². The Morgan fingerprint density at radius 1 is 1.11 bits per heavy atom. The quantitative estimate of drug-likeness (QED) is 0.816. The number of benzene rings is 2. The molecule has 2 aromatic carbocycles. The van der Waals surface area contributed by atoms with Crippen LogP contribution < -0.4 is 10.1 Å². The molecule has 1 unspecified atom stereocenters. The molecule has 1 N–H and O–H groups in total. The van der Waals surface area contributed by atoms with E-state index >= 15 is 0 Å². The highest BCUT2D eigenvalue weighted by molar-refractivity contribution is 5.80. The van der Waals surface area contributed by atoms with Crippen molar-refractivity contribution < 1.29 is 14.3 Å². The lowest BCUT2D eigenvalue weighted by Crippen LogP contribution is -2.37. The minimum atomic E-state index is -0.542. The van der Waals surface area contributed by atoms with E-state index in [1.165, 1.54) is 5.56 Å². The minimum absolute atomic E-state index is 0.114. The van der Waals surface area contributed by atoms with Gasteiger partial charge in [-0.15, -0.1) is 0 Å². The summed E-state index contributed by atoms with van der Waals surface area (Å²) in [6.45, 7) is 8.64. The minimum Gasteiger partial charge on any atom is -0.481 e. The molecule has 1 saturated heterocycles. The molecule has 1 atom stereocenters. The molecule has 1 heterocycles. The second-order valence-electron chi connectivity index (χ2n) is 6.95. The van der Waals surface area contributed by atoms with Crippen LogP contribution in [-0.4, -0.2) is 43.2 Å². The van der Waals surface area contributed by atoms with Crippen molar-refractivity contribution in [1.82, 2.24) is 10.2 Å². The second kappa shape index (κ2) is 9.53. The van der Waals surface area contributed by atoms with Crippen molar-refractivity contribution in [2.45, 2.75) is 33.0 Å². The summed E-state index contributed by atoms with van der Waals surface area (Å²) in [4.78, 5) is 14.8. The fraction of sp³-hybridized carbons (Fsp3) is 0.409. The molecule has 0 aliphatic carbocycles. The van der Waals surface area contributed by atoms with Crippen LogP contribution in [0.2, 0.25) is 0 Å². The van der Waals surface area contributed by atoms with Crippen molar-refractivity contribution in [2.75, 3.05) is 26.3 Å². The van der Waals surface area contributed by atoms with Gasteiger partial charge in [0.05, 0.1) is 13.2 Å². The van der Waals surface area contributed by atoms with Gasteiger partial charge in [0.25, 0.3) is 5.91 Å². The number of carbonyl (C=O) groups is 1. The van der Waals surface area contributed by atoms with Gasteiger partial charge < -0.3 is 14.8 Å². The monoisotopic (exact) mass is 368 g/mol. The number of morpholine rings is 1. The summed E-state index contributed by atoms with van der Waals surface area (Å²) >= 11 is 0. The van der Waals surface area contributed by atoms with Crippen LogP contribution in [0.15, 0.2) is 48.5 Å². The van der Waals surface area contributed by atoms with Crippen LogP contribution in [0, 0.1) is 6.92 Å². The van der Waals surface area contributed by atoms with Crippen LogP contribution >= 0.6 is 0 Å². The van der Waals surface area contributed by atoms with Crippen molar-refractivity contribution in [3.05, 3.63) is 65.2 Å². The lowest BCUT2D eigenvalue weighted by molar-refractivity contribution is -0.127. The Balaban J connectivity index is 1.54. The van der Waals surface area contributed by atoms with E-state index in [9.17, 15) is 4.79 Å².